The van der Waals surface area contributed by atoms with E-state index in [0.717, 1.165) is 0 Å². The fourth-order valence-corrected chi connectivity index (χ4v) is 3.48. The second kappa shape index (κ2) is 2.93. The van der Waals surface area contributed by atoms with Crippen molar-refractivity contribution in [1.29, 1.82) is 0 Å². The minimum absolute atomic E-state index is 0.224. The zero-order chi connectivity index (χ0) is 7.61. The minimum Gasteiger partial charge on any atom is -0.225 e. The van der Waals surface area contributed by atoms with E-state index in [1.54, 1.807) is 10.2 Å². The van der Waals surface area contributed by atoms with Gasteiger partial charge in [0.15, 0.2) is 0 Å². The van der Waals surface area contributed by atoms with Crippen LogP contribution in [-0.2, 0) is 10.0 Å². The molecule has 1 heterocycles. The first-order chi connectivity index (χ1) is 4.61. The number of hydrogen-bond donors (Lipinski definition) is 1. The molecule has 5 heteroatoms. The molecule has 2 N–H and O–H groups in total. The van der Waals surface area contributed by atoms with Crippen LogP contribution in [0.25, 0.3) is 0 Å². The first kappa shape index (κ1) is 8.09. The van der Waals surface area contributed by atoms with Crippen LogP contribution >= 0.6 is 20.7 Å². The highest BCUT2D eigenvalue weighted by molar-refractivity contribution is 14.2. The molecule has 1 aliphatic rings. The number of sulfonamides is 1. The quantitative estimate of drug-likeness (QED) is 0.704. The number of hydrogen-bond acceptors (Lipinski definition) is 2. The van der Waals surface area contributed by atoms with E-state index in [4.69, 9.17) is 5.14 Å². The maximum atomic E-state index is 10.6. The van der Waals surface area contributed by atoms with Crippen molar-refractivity contribution < 1.29 is 8.42 Å². The molecule has 0 bridgehead atoms. The van der Waals surface area contributed by atoms with Gasteiger partial charge in [-0.05, 0) is 14.2 Å². The van der Waals surface area contributed by atoms with Gasteiger partial charge in [-0.3, -0.25) is 0 Å². The second-order valence-electron chi connectivity index (χ2n) is 1.67. The van der Waals surface area contributed by atoms with Crippen LogP contribution in [0, 0.1) is 0 Å². The molecule has 0 aromatic carbocycles. The molecule has 0 aromatic heterocycles. The fourth-order valence-electron chi connectivity index (χ4n) is 0.465. The number of primary sulfonamides is 1. The molecule has 0 saturated heterocycles. The van der Waals surface area contributed by atoms with Gasteiger partial charge >= 0.3 is 0 Å². The average molecular weight is 271 g/mol. The van der Waals surface area contributed by atoms with Crippen molar-refractivity contribution in [2.75, 3.05) is 0 Å². The molecule has 0 aromatic rings. The van der Waals surface area contributed by atoms with Crippen LogP contribution in [0.1, 0.15) is 0 Å². The molecular formula is C5H6INO2S. The summed E-state index contributed by atoms with van der Waals surface area (Å²) in [5.41, 5.74) is 0. The monoisotopic (exact) mass is 271 g/mol. The lowest BCUT2D eigenvalue weighted by molar-refractivity contribution is 0.604. The Morgan fingerprint density at radius 3 is 2.50 bits per heavy atom. The van der Waals surface area contributed by atoms with Gasteiger partial charge in [0.2, 0.25) is 10.0 Å². The van der Waals surface area contributed by atoms with E-state index in [-0.39, 0.29) is 25.6 Å². The highest BCUT2D eigenvalue weighted by Crippen LogP contribution is 2.14. The van der Waals surface area contributed by atoms with Gasteiger partial charge in [0.1, 0.15) is 0 Å². The molecule has 0 unspecified atom stereocenters. The van der Waals surface area contributed by atoms with Crippen molar-refractivity contribution in [2.24, 2.45) is 5.14 Å². The van der Waals surface area contributed by atoms with Crippen LogP contribution in [0.3, 0.4) is 0 Å². The van der Waals surface area contributed by atoms with Crippen LogP contribution in [-0.4, -0.2) is 12.4 Å². The predicted octanol–water partition coefficient (Wildman–Crippen LogP) is 0.459. The smallest absolute Gasteiger partial charge is 0.225 e. The van der Waals surface area contributed by atoms with Gasteiger partial charge in [0.05, 0.1) is 4.91 Å². The minimum atomic E-state index is -3.44. The van der Waals surface area contributed by atoms with Gasteiger partial charge in [-0.25, -0.2) is 13.6 Å². The molecule has 0 radical (unpaired) electrons. The predicted molar refractivity (Wildman–Crippen MR) is 50.4 cm³/mol. The zero-order valence-electron chi connectivity index (χ0n) is 4.99. The van der Waals surface area contributed by atoms with E-state index in [2.05, 4.69) is 0 Å². The summed E-state index contributed by atoms with van der Waals surface area (Å²) in [5.74, 6) is 0. The summed E-state index contributed by atoms with van der Waals surface area (Å²) in [6.07, 6.45) is 3.24. The van der Waals surface area contributed by atoms with Crippen molar-refractivity contribution in [3.05, 3.63) is 21.1 Å². The number of rotatable bonds is 1. The first-order valence-electron chi connectivity index (χ1n) is 2.45. The highest BCUT2D eigenvalue weighted by Gasteiger charge is 2.07. The van der Waals surface area contributed by atoms with E-state index in [9.17, 15) is 8.42 Å². The van der Waals surface area contributed by atoms with Crippen LogP contribution in [0.4, 0.5) is 0 Å². The largest absolute Gasteiger partial charge is 0.238 e. The van der Waals surface area contributed by atoms with Crippen LogP contribution < -0.4 is 5.14 Å². The summed E-state index contributed by atoms with van der Waals surface area (Å²) in [4.78, 5) is 0.253. The SMILES string of the molecule is NS(=O)(=O)C1=CI=CC=C1. The summed E-state index contributed by atoms with van der Waals surface area (Å²) >= 11 is -0.224. The molecule has 0 atom stereocenters. The van der Waals surface area contributed by atoms with Gasteiger partial charge < -0.3 is 0 Å². The molecule has 56 valence electrons. The summed E-state index contributed by atoms with van der Waals surface area (Å²) in [7, 11) is -3.44. The average Bonchev–Trinajstić information content (AvgIpc) is 1.88. The third-order valence-electron chi connectivity index (χ3n) is 0.905. The molecule has 1 aliphatic heterocycles. The summed E-state index contributed by atoms with van der Waals surface area (Å²) < 4.78 is 25.0. The third kappa shape index (κ3) is 1.99. The maximum Gasteiger partial charge on any atom is 0.238 e. The van der Waals surface area contributed by atoms with E-state index in [0.29, 0.717) is 0 Å². The standard InChI is InChI=1S/C5H6INO2S/c7-10(8,9)5-2-1-3-6-4-5/h1-4H,(H2,7,8,9). The Morgan fingerprint density at radius 1 is 1.50 bits per heavy atom. The maximum absolute atomic E-state index is 10.6. The highest BCUT2D eigenvalue weighted by atomic mass is 127. The van der Waals surface area contributed by atoms with Crippen LogP contribution in [0.15, 0.2) is 21.1 Å². The van der Waals surface area contributed by atoms with Crippen molar-refractivity contribution in [2.45, 2.75) is 0 Å². The van der Waals surface area contributed by atoms with Crippen molar-refractivity contribution in [1.82, 2.24) is 0 Å². The summed E-state index contributed by atoms with van der Waals surface area (Å²) in [6, 6.07) is 0. The Bertz CT molecular complexity index is 313. The van der Waals surface area contributed by atoms with E-state index >= 15 is 0 Å². The van der Waals surface area contributed by atoms with Crippen molar-refractivity contribution in [3.63, 3.8) is 0 Å². The third-order valence-corrected chi connectivity index (χ3v) is 4.10. The van der Waals surface area contributed by atoms with E-state index in [1.165, 1.54) is 6.08 Å². The zero-order valence-corrected chi connectivity index (χ0v) is 7.96. The number of halogens is 1. The molecule has 0 aliphatic carbocycles. The van der Waals surface area contributed by atoms with Gasteiger partial charge in [-0.2, -0.15) is 0 Å². The molecule has 0 saturated carbocycles. The molecule has 3 nitrogen and oxygen atoms in total. The van der Waals surface area contributed by atoms with Gasteiger partial charge in [-0.1, -0.05) is 26.8 Å². The van der Waals surface area contributed by atoms with Crippen LogP contribution in [0.2, 0.25) is 0 Å². The van der Waals surface area contributed by atoms with Crippen molar-refractivity contribution in [3.8, 4) is 0 Å². The topological polar surface area (TPSA) is 60.2 Å². The van der Waals surface area contributed by atoms with Crippen LogP contribution in [0.5, 0.6) is 0 Å². The molecular weight excluding hydrogens is 265 g/mol. The Labute approximate surface area is 69.4 Å². The molecule has 10 heavy (non-hydrogen) atoms. The second-order valence-corrected chi connectivity index (χ2v) is 5.29. The van der Waals surface area contributed by atoms with E-state index in [1.807, 2.05) is 4.01 Å². The normalized spacial score (nSPS) is 17.9. The van der Waals surface area contributed by atoms with E-state index < -0.39 is 10.0 Å². The summed E-state index contributed by atoms with van der Waals surface area (Å²) in [5, 5.41) is 4.87. The Kier molecular flexibility index (Phi) is 2.37. The lowest BCUT2D eigenvalue weighted by atomic mass is 10.5. The van der Waals surface area contributed by atoms with Crippen molar-refractivity contribution >= 4 is 34.8 Å². The number of nitrogens with two attached hydrogens (primary N) is 1. The fraction of sp³-hybridized carbons (Fsp3) is 0. The Hall–Kier alpha value is -0.0100. The van der Waals surface area contributed by atoms with Gasteiger partial charge in [0, 0.05) is 0 Å². The Balaban J connectivity index is 3.08. The lowest BCUT2D eigenvalue weighted by Crippen LogP contribution is -2.13. The first-order valence-corrected chi connectivity index (χ1v) is 6.49. The number of allylic oxidation sites excluding steroid dienone is 2. The molecule has 0 amide bonds. The molecule has 0 spiro atoms. The lowest BCUT2D eigenvalue weighted by Gasteiger charge is -1.97. The molecule has 0 fully saturated rings. The Morgan fingerprint density at radius 2 is 2.20 bits per heavy atom. The summed E-state index contributed by atoms with van der Waals surface area (Å²) in [6.45, 7) is 0. The van der Waals surface area contributed by atoms with Gasteiger partial charge in [0.25, 0.3) is 0 Å². The van der Waals surface area contributed by atoms with Gasteiger partial charge in [-0.15, -0.1) is 0 Å². The molecule has 1 rings (SSSR count).